The molecule has 1 aromatic carbocycles. The summed E-state index contributed by atoms with van der Waals surface area (Å²) in [4.78, 5) is 54.6. The maximum absolute atomic E-state index is 14.0. The van der Waals surface area contributed by atoms with Gasteiger partial charge in [0.05, 0.1) is 23.6 Å². The number of ether oxygens (including phenoxy) is 1. The van der Waals surface area contributed by atoms with Crippen LogP contribution in [0.15, 0.2) is 46.0 Å². The lowest BCUT2D eigenvalue weighted by atomic mass is 9.84. The average Bonchev–Trinajstić information content (AvgIpc) is 3.81. The zero-order valence-electron chi connectivity index (χ0n) is 24.8. The highest BCUT2D eigenvalue weighted by Crippen LogP contribution is 2.60. The predicted octanol–water partition coefficient (Wildman–Crippen LogP) is 4.05. The number of thiazole rings is 1. The fraction of sp³-hybridized carbons (Fsp3) is 0.516. The zero-order chi connectivity index (χ0) is 31.5. The van der Waals surface area contributed by atoms with Gasteiger partial charge in [0.25, 0.3) is 0 Å². The minimum atomic E-state index is -0.851. The second-order valence-electron chi connectivity index (χ2n) is 12.6. The highest BCUT2D eigenvalue weighted by Gasteiger charge is 2.63. The molecule has 2 unspecified atom stereocenters. The van der Waals surface area contributed by atoms with Crippen LogP contribution < -0.4 is 5.32 Å². The second-order valence-corrected chi connectivity index (χ2v) is 13.9. The van der Waals surface area contributed by atoms with Gasteiger partial charge in [0, 0.05) is 66.1 Å². The van der Waals surface area contributed by atoms with E-state index >= 15 is 0 Å². The molecule has 3 aliphatic heterocycles. The van der Waals surface area contributed by atoms with Gasteiger partial charge in [-0.25, -0.2) is 19.0 Å². The minimum absolute atomic E-state index is 0.00540. The lowest BCUT2D eigenvalue weighted by Crippen LogP contribution is -2.53. The number of carbonyl (C=O) groups is 3. The molecule has 2 aliphatic carbocycles. The van der Waals surface area contributed by atoms with E-state index in [0.29, 0.717) is 74.1 Å². The van der Waals surface area contributed by atoms with Crippen LogP contribution in [0.5, 0.6) is 0 Å². The van der Waals surface area contributed by atoms with E-state index in [2.05, 4.69) is 15.2 Å². The molecular weight excluding hydrogens is 623 g/mol. The number of fused-ring (bicyclic) bond motifs is 3. The van der Waals surface area contributed by atoms with E-state index in [9.17, 15) is 23.9 Å². The number of carbonyl (C=O) groups excluding carboxylic acids is 2. The molecule has 2 saturated heterocycles. The van der Waals surface area contributed by atoms with E-state index in [1.807, 2.05) is 15.2 Å². The molecule has 1 aromatic heterocycles. The van der Waals surface area contributed by atoms with E-state index in [0.717, 1.165) is 12.8 Å². The van der Waals surface area contributed by atoms with Gasteiger partial charge in [-0.2, -0.15) is 0 Å². The Labute approximate surface area is 268 Å². The normalized spacial score (nSPS) is 29.6. The summed E-state index contributed by atoms with van der Waals surface area (Å²) in [5.74, 6) is -1.31. The van der Waals surface area contributed by atoms with E-state index < -0.39 is 29.2 Å². The number of benzene rings is 1. The van der Waals surface area contributed by atoms with Crippen LogP contribution in [-0.4, -0.2) is 99.5 Å². The number of esters is 1. The lowest BCUT2D eigenvalue weighted by molar-refractivity contribution is -0.148. The van der Waals surface area contributed by atoms with E-state index in [1.54, 1.807) is 13.1 Å². The van der Waals surface area contributed by atoms with Gasteiger partial charge in [0.15, 0.2) is 10.8 Å². The van der Waals surface area contributed by atoms with Crippen molar-refractivity contribution >= 4 is 46.7 Å². The summed E-state index contributed by atoms with van der Waals surface area (Å²) >= 11 is 7.91. The number of aliphatic imine (C=N–C) groups is 1. The van der Waals surface area contributed by atoms with Crippen LogP contribution in [-0.2, 0) is 14.3 Å². The van der Waals surface area contributed by atoms with Crippen LogP contribution >= 0.6 is 22.9 Å². The molecule has 45 heavy (non-hydrogen) atoms. The van der Waals surface area contributed by atoms with Gasteiger partial charge in [0.2, 0.25) is 0 Å². The Kier molecular flexibility index (Phi) is 7.60. The molecule has 2 atom stereocenters. The Morgan fingerprint density at radius 2 is 2.02 bits per heavy atom. The van der Waals surface area contributed by atoms with Gasteiger partial charge in [0.1, 0.15) is 11.9 Å². The van der Waals surface area contributed by atoms with Crippen molar-refractivity contribution in [1.29, 1.82) is 0 Å². The van der Waals surface area contributed by atoms with Crippen LogP contribution in [0.2, 0.25) is 5.02 Å². The summed E-state index contributed by atoms with van der Waals surface area (Å²) in [5.41, 5.74) is 0.255. The molecule has 238 valence electrons. The first kappa shape index (κ1) is 30.1. The number of aromatic nitrogens is 1. The number of piperazine rings is 1. The van der Waals surface area contributed by atoms with E-state index in [-0.39, 0.29) is 34.8 Å². The van der Waals surface area contributed by atoms with Crippen molar-refractivity contribution < 1.29 is 28.6 Å². The van der Waals surface area contributed by atoms with Crippen LogP contribution in [0, 0.1) is 11.2 Å². The second kappa shape index (κ2) is 11.4. The quantitative estimate of drug-likeness (QED) is 0.408. The number of urea groups is 1. The highest BCUT2D eigenvalue weighted by atomic mass is 35.5. The standard InChI is InChI=1S/C31H34ClFN6O5S/c1-2-44-27(40)23-22(35-25(26-34-9-12-45-26)36-24(23)20-4-3-18(33)13-21(20)32)16-37-10-11-38-19(14-37)15-39(29(38)43)31-7-5-30(17-31,6-8-31)28(41)42/h3-4,9,12-13,19,24H,2,5-8,10-11,14-17H2,1H3,(H,35,36)(H,41,42). The number of carboxylic acids is 1. The summed E-state index contributed by atoms with van der Waals surface area (Å²) < 4.78 is 19.5. The van der Waals surface area contributed by atoms with E-state index in [1.165, 1.54) is 29.5 Å². The number of carboxylic acid groups (broad SMARTS) is 1. The Bertz CT molecular complexity index is 1610. The number of nitrogens with one attached hydrogen (secondary N) is 1. The number of hydrogen-bond donors (Lipinski definition) is 2. The summed E-state index contributed by atoms with van der Waals surface area (Å²) in [6, 6.07) is 3.11. The zero-order valence-corrected chi connectivity index (χ0v) is 26.4. The molecule has 2 aromatic rings. The van der Waals surface area contributed by atoms with Crippen molar-refractivity contribution in [3.63, 3.8) is 0 Å². The third-order valence-corrected chi connectivity index (χ3v) is 11.3. The summed E-state index contributed by atoms with van der Waals surface area (Å²) in [5, 5.41) is 15.9. The molecule has 2 bridgehead atoms. The first-order chi connectivity index (χ1) is 21.6. The Hall–Kier alpha value is -3.55. The molecule has 4 fully saturated rings. The number of aliphatic carboxylic acids is 1. The average molecular weight is 657 g/mol. The Balaban J connectivity index is 1.17. The summed E-state index contributed by atoms with van der Waals surface area (Å²) in [6.07, 6.45) is 4.87. The maximum atomic E-state index is 14.0. The van der Waals surface area contributed by atoms with Crippen molar-refractivity contribution in [2.45, 2.75) is 56.7 Å². The van der Waals surface area contributed by atoms with Crippen molar-refractivity contribution in [1.82, 2.24) is 25.0 Å². The highest BCUT2D eigenvalue weighted by molar-refractivity contribution is 7.11. The molecule has 2 N–H and O–H groups in total. The molecule has 0 radical (unpaired) electrons. The SMILES string of the molecule is CCOC(=O)C1=C(CN2CCN3C(=O)N(C45CCC(C(=O)O)(CC4)C5)CC3C2)NC(c2nccs2)=NC1c1ccc(F)cc1Cl. The molecule has 14 heteroatoms. The van der Waals surface area contributed by atoms with Crippen molar-refractivity contribution in [2.24, 2.45) is 10.4 Å². The molecule has 2 amide bonds. The lowest BCUT2D eigenvalue weighted by Gasteiger charge is -2.38. The number of amidine groups is 1. The van der Waals surface area contributed by atoms with Gasteiger partial charge in [-0.1, -0.05) is 17.7 Å². The number of halogens is 2. The third kappa shape index (κ3) is 5.08. The van der Waals surface area contributed by atoms with Crippen LogP contribution in [0.4, 0.5) is 9.18 Å². The number of amides is 2. The maximum Gasteiger partial charge on any atom is 0.338 e. The van der Waals surface area contributed by atoms with Crippen molar-refractivity contribution in [3.05, 3.63) is 62.5 Å². The smallest absolute Gasteiger partial charge is 0.338 e. The van der Waals surface area contributed by atoms with Gasteiger partial charge >= 0.3 is 18.0 Å². The molecule has 11 nitrogen and oxygen atoms in total. The van der Waals surface area contributed by atoms with Crippen LogP contribution in [0.3, 0.4) is 0 Å². The molecule has 2 saturated carbocycles. The van der Waals surface area contributed by atoms with Gasteiger partial charge in [-0.15, -0.1) is 11.3 Å². The molecule has 0 spiro atoms. The fourth-order valence-electron chi connectivity index (χ4n) is 7.93. The minimum Gasteiger partial charge on any atom is -0.481 e. The Morgan fingerprint density at radius 3 is 2.69 bits per heavy atom. The summed E-state index contributed by atoms with van der Waals surface area (Å²) in [7, 11) is 0. The fourth-order valence-corrected chi connectivity index (χ4v) is 8.79. The summed E-state index contributed by atoms with van der Waals surface area (Å²) in [6.45, 7) is 4.45. The van der Waals surface area contributed by atoms with Crippen LogP contribution in [0.25, 0.3) is 0 Å². The van der Waals surface area contributed by atoms with Crippen LogP contribution in [0.1, 0.15) is 55.6 Å². The van der Waals surface area contributed by atoms with Gasteiger partial charge in [-0.3, -0.25) is 14.7 Å². The van der Waals surface area contributed by atoms with Crippen molar-refractivity contribution in [3.8, 4) is 0 Å². The number of hydrogen-bond acceptors (Lipinski definition) is 9. The van der Waals surface area contributed by atoms with E-state index in [4.69, 9.17) is 21.3 Å². The molecule has 5 aliphatic rings. The predicted molar refractivity (Wildman–Crippen MR) is 165 cm³/mol. The van der Waals surface area contributed by atoms with Gasteiger partial charge in [-0.05, 0) is 51.2 Å². The first-order valence-electron chi connectivity index (χ1n) is 15.3. The Morgan fingerprint density at radius 1 is 1.22 bits per heavy atom. The number of nitrogens with zero attached hydrogens (tertiary/aromatic N) is 5. The molecular formula is C31H34ClFN6O5S. The third-order valence-electron chi connectivity index (χ3n) is 10.2. The molecule has 7 rings (SSSR count). The monoisotopic (exact) mass is 656 g/mol. The van der Waals surface area contributed by atoms with Crippen molar-refractivity contribution in [2.75, 3.05) is 39.3 Å². The van der Waals surface area contributed by atoms with Gasteiger partial charge < -0.3 is 25.0 Å². The molecule has 4 heterocycles. The first-order valence-corrected chi connectivity index (χ1v) is 16.5. The largest absolute Gasteiger partial charge is 0.481 e. The topological polar surface area (TPSA) is 128 Å². The number of rotatable bonds is 8.